The maximum atomic E-state index is 5.53. The van der Waals surface area contributed by atoms with Gasteiger partial charge >= 0.3 is 0 Å². The van der Waals surface area contributed by atoms with Gasteiger partial charge in [-0.25, -0.2) is 0 Å². The van der Waals surface area contributed by atoms with E-state index in [0.29, 0.717) is 6.04 Å². The van der Waals surface area contributed by atoms with E-state index in [4.69, 9.17) is 4.74 Å². The molecule has 1 saturated carbocycles. The Morgan fingerprint density at radius 1 is 1.21 bits per heavy atom. The summed E-state index contributed by atoms with van der Waals surface area (Å²) in [5.74, 6) is 1.71. The third-order valence-electron chi connectivity index (χ3n) is 2.88. The lowest BCUT2D eigenvalue weighted by molar-refractivity contribution is 0.123. The monoisotopic (exact) mass is 199 g/mol. The Kier molecular flexibility index (Phi) is 5.49. The molecule has 0 saturated heterocycles. The minimum atomic E-state index is 0.698. The second-order valence-electron chi connectivity index (χ2n) is 4.88. The van der Waals surface area contributed by atoms with Crippen LogP contribution in [0.25, 0.3) is 0 Å². The zero-order chi connectivity index (χ0) is 10.4. The maximum Gasteiger partial charge on any atom is 0.0591 e. The van der Waals surface area contributed by atoms with Crippen molar-refractivity contribution in [2.24, 2.45) is 11.8 Å². The van der Waals surface area contributed by atoms with E-state index in [1.807, 2.05) is 0 Å². The van der Waals surface area contributed by atoms with Crippen LogP contribution in [0.3, 0.4) is 0 Å². The summed E-state index contributed by atoms with van der Waals surface area (Å²) < 4.78 is 5.53. The Labute approximate surface area is 88.4 Å². The molecule has 1 rings (SSSR count). The van der Waals surface area contributed by atoms with Crippen LogP contribution in [0.5, 0.6) is 0 Å². The van der Waals surface area contributed by atoms with E-state index in [1.165, 1.54) is 19.3 Å². The predicted octanol–water partition coefficient (Wildman–Crippen LogP) is 2.44. The molecule has 1 unspecified atom stereocenters. The van der Waals surface area contributed by atoms with Crippen LogP contribution in [0.1, 0.15) is 40.0 Å². The van der Waals surface area contributed by atoms with Crippen molar-refractivity contribution in [1.29, 1.82) is 0 Å². The SMILES string of the molecule is CC(C)CCOCCNC(C)C1CC1. The van der Waals surface area contributed by atoms with Crippen LogP contribution < -0.4 is 5.32 Å². The normalized spacial score (nSPS) is 18.9. The highest BCUT2D eigenvalue weighted by atomic mass is 16.5. The van der Waals surface area contributed by atoms with E-state index in [0.717, 1.165) is 31.6 Å². The molecule has 14 heavy (non-hydrogen) atoms. The minimum absolute atomic E-state index is 0.698. The molecular formula is C12H25NO. The number of hydrogen-bond acceptors (Lipinski definition) is 2. The van der Waals surface area contributed by atoms with Crippen LogP contribution in [0.2, 0.25) is 0 Å². The molecule has 0 bridgehead atoms. The van der Waals surface area contributed by atoms with Gasteiger partial charge in [-0.15, -0.1) is 0 Å². The standard InChI is InChI=1S/C12H25NO/c1-10(2)6-8-14-9-7-13-11(3)12-4-5-12/h10-13H,4-9H2,1-3H3. The molecule has 1 aliphatic rings. The molecule has 1 atom stereocenters. The van der Waals surface area contributed by atoms with Crippen molar-refractivity contribution in [3.05, 3.63) is 0 Å². The minimum Gasteiger partial charge on any atom is -0.380 e. The lowest BCUT2D eigenvalue weighted by atomic mass is 10.1. The number of hydrogen-bond donors (Lipinski definition) is 1. The quantitative estimate of drug-likeness (QED) is 0.606. The molecule has 1 fully saturated rings. The third-order valence-corrected chi connectivity index (χ3v) is 2.88. The van der Waals surface area contributed by atoms with Gasteiger partial charge in [0, 0.05) is 19.2 Å². The van der Waals surface area contributed by atoms with Gasteiger partial charge in [-0.3, -0.25) is 0 Å². The fourth-order valence-corrected chi connectivity index (χ4v) is 1.54. The van der Waals surface area contributed by atoms with Crippen molar-refractivity contribution in [2.75, 3.05) is 19.8 Å². The summed E-state index contributed by atoms with van der Waals surface area (Å²) >= 11 is 0. The van der Waals surface area contributed by atoms with Crippen LogP contribution >= 0.6 is 0 Å². The Morgan fingerprint density at radius 2 is 1.93 bits per heavy atom. The van der Waals surface area contributed by atoms with Gasteiger partial charge in [-0.05, 0) is 38.0 Å². The van der Waals surface area contributed by atoms with Crippen molar-refractivity contribution >= 4 is 0 Å². The van der Waals surface area contributed by atoms with E-state index >= 15 is 0 Å². The lowest BCUT2D eigenvalue weighted by Crippen LogP contribution is -2.31. The topological polar surface area (TPSA) is 21.3 Å². The smallest absolute Gasteiger partial charge is 0.0591 e. The molecule has 0 radical (unpaired) electrons. The molecule has 0 aromatic carbocycles. The zero-order valence-corrected chi connectivity index (χ0v) is 9.88. The van der Waals surface area contributed by atoms with Gasteiger partial charge in [0.15, 0.2) is 0 Å². The summed E-state index contributed by atoms with van der Waals surface area (Å²) in [4.78, 5) is 0. The first-order valence-corrected chi connectivity index (χ1v) is 6.01. The van der Waals surface area contributed by atoms with E-state index in [9.17, 15) is 0 Å². The van der Waals surface area contributed by atoms with Crippen molar-refractivity contribution in [3.63, 3.8) is 0 Å². The molecule has 0 spiro atoms. The Bertz CT molecular complexity index is 143. The van der Waals surface area contributed by atoms with E-state index in [1.54, 1.807) is 0 Å². The maximum absolute atomic E-state index is 5.53. The fraction of sp³-hybridized carbons (Fsp3) is 1.00. The molecule has 0 aromatic rings. The highest BCUT2D eigenvalue weighted by Crippen LogP contribution is 2.32. The summed E-state index contributed by atoms with van der Waals surface area (Å²) in [6, 6.07) is 0.698. The fourth-order valence-electron chi connectivity index (χ4n) is 1.54. The highest BCUT2D eigenvalue weighted by Gasteiger charge is 2.26. The van der Waals surface area contributed by atoms with Gasteiger partial charge in [0.25, 0.3) is 0 Å². The van der Waals surface area contributed by atoms with Crippen molar-refractivity contribution in [3.8, 4) is 0 Å². The number of ether oxygens (including phenoxy) is 1. The molecule has 1 aliphatic carbocycles. The molecule has 0 aromatic heterocycles. The number of nitrogens with one attached hydrogen (secondary N) is 1. The molecule has 2 nitrogen and oxygen atoms in total. The van der Waals surface area contributed by atoms with Gasteiger partial charge in [0.05, 0.1) is 6.61 Å². The largest absolute Gasteiger partial charge is 0.380 e. The molecule has 0 amide bonds. The van der Waals surface area contributed by atoms with Crippen LogP contribution in [0, 0.1) is 11.8 Å². The Morgan fingerprint density at radius 3 is 2.50 bits per heavy atom. The lowest BCUT2D eigenvalue weighted by Gasteiger charge is -2.12. The Balaban J connectivity index is 1.79. The van der Waals surface area contributed by atoms with E-state index < -0.39 is 0 Å². The van der Waals surface area contributed by atoms with Crippen LogP contribution in [-0.2, 0) is 4.74 Å². The average molecular weight is 199 g/mol. The average Bonchev–Trinajstić information content (AvgIpc) is 2.92. The van der Waals surface area contributed by atoms with Crippen molar-refractivity contribution in [1.82, 2.24) is 5.32 Å². The van der Waals surface area contributed by atoms with Crippen LogP contribution in [-0.4, -0.2) is 25.8 Å². The van der Waals surface area contributed by atoms with Gasteiger partial charge in [0.2, 0.25) is 0 Å². The molecule has 1 N–H and O–H groups in total. The first-order valence-electron chi connectivity index (χ1n) is 6.01. The number of rotatable bonds is 8. The first kappa shape index (κ1) is 12.0. The van der Waals surface area contributed by atoms with Gasteiger partial charge in [-0.2, -0.15) is 0 Å². The summed E-state index contributed by atoms with van der Waals surface area (Å²) in [5, 5.41) is 3.51. The molecular weight excluding hydrogens is 174 g/mol. The molecule has 0 aliphatic heterocycles. The summed E-state index contributed by atoms with van der Waals surface area (Å²) in [6.45, 7) is 9.54. The Hall–Kier alpha value is -0.0800. The van der Waals surface area contributed by atoms with Crippen molar-refractivity contribution < 1.29 is 4.74 Å². The molecule has 2 heteroatoms. The van der Waals surface area contributed by atoms with E-state index in [-0.39, 0.29) is 0 Å². The van der Waals surface area contributed by atoms with Crippen LogP contribution in [0.15, 0.2) is 0 Å². The molecule has 84 valence electrons. The zero-order valence-electron chi connectivity index (χ0n) is 9.88. The van der Waals surface area contributed by atoms with E-state index in [2.05, 4.69) is 26.1 Å². The third kappa shape index (κ3) is 5.61. The second kappa shape index (κ2) is 6.41. The molecule has 0 heterocycles. The predicted molar refractivity (Wildman–Crippen MR) is 60.5 cm³/mol. The first-order chi connectivity index (χ1) is 6.70. The van der Waals surface area contributed by atoms with Gasteiger partial charge < -0.3 is 10.1 Å². The highest BCUT2D eigenvalue weighted by molar-refractivity contribution is 4.82. The van der Waals surface area contributed by atoms with Gasteiger partial charge in [0.1, 0.15) is 0 Å². The summed E-state index contributed by atoms with van der Waals surface area (Å²) in [5.41, 5.74) is 0. The second-order valence-corrected chi connectivity index (χ2v) is 4.88. The summed E-state index contributed by atoms with van der Waals surface area (Å²) in [6.07, 6.45) is 4.02. The summed E-state index contributed by atoms with van der Waals surface area (Å²) in [7, 11) is 0. The van der Waals surface area contributed by atoms with Crippen LogP contribution in [0.4, 0.5) is 0 Å². The van der Waals surface area contributed by atoms with Gasteiger partial charge in [-0.1, -0.05) is 13.8 Å². The van der Waals surface area contributed by atoms with Crippen molar-refractivity contribution in [2.45, 2.75) is 46.1 Å².